The van der Waals surface area contributed by atoms with Gasteiger partial charge in [-0.25, -0.2) is 0 Å². The number of nitrogens with zero attached hydrogens (tertiary/aromatic N) is 2. The molecule has 1 aromatic carbocycles. The van der Waals surface area contributed by atoms with Crippen LogP contribution in [0.5, 0.6) is 0 Å². The molecule has 102 valence electrons. The quantitative estimate of drug-likeness (QED) is 0.782. The van der Waals surface area contributed by atoms with Gasteiger partial charge in [0.15, 0.2) is 0 Å². The van der Waals surface area contributed by atoms with Crippen molar-refractivity contribution in [3.8, 4) is 11.8 Å². The van der Waals surface area contributed by atoms with E-state index < -0.39 is 0 Å². The Labute approximate surface area is 124 Å². The number of anilines is 1. The minimum Gasteiger partial charge on any atom is -0.368 e. The third kappa shape index (κ3) is 3.41. The molecule has 20 heavy (non-hydrogen) atoms. The summed E-state index contributed by atoms with van der Waals surface area (Å²) >= 11 is 1.77. The molecule has 0 amide bonds. The van der Waals surface area contributed by atoms with E-state index >= 15 is 0 Å². The maximum atomic E-state index is 3.28. The van der Waals surface area contributed by atoms with Crippen LogP contribution in [0.3, 0.4) is 0 Å². The molecule has 0 radical (unpaired) electrons. The van der Waals surface area contributed by atoms with Crippen LogP contribution in [0.2, 0.25) is 0 Å². The molecule has 1 aromatic heterocycles. The van der Waals surface area contributed by atoms with Crippen molar-refractivity contribution in [3.63, 3.8) is 0 Å². The molecule has 0 aliphatic carbocycles. The highest BCUT2D eigenvalue weighted by Crippen LogP contribution is 2.19. The number of hydrogen-bond acceptors (Lipinski definition) is 3. The van der Waals surface area contributed by atoms with Gasteiger partial charge in [0.25, 0.3) is 0 Å². The topological polar surface area (TPSA) is 6.48 Å². The predicted molar refractivity (Wildman–Crippen MR) is 86.3 cm³/mol. The van der Waals surface area contributed by atoms with Crippen molar-refractivity contribution in [3.05, 3.63) is 52.7 Å². The molecule has 0 unspecified atom stereocenters. The van der Waals surface area contributed by atoms with Gasteiger partial charge in [-0.05, 0) is 23.6 Å². The average Bonchev–Trinajstić information content (AvgIpc) is 3.03. The maximum absolute atomic E-state index is 3.28. The Morgan fingerprint density at radius 3 is 2.50 bits per heavy atom. The molecule has 3 rings (SSSR count). The second-order valence-electron chi connectivity index (χ2n) is 4.91. The molecule has 0 atom stereocenters. The van der Waals surface area contributed by atoms with Crippen LogP contribution < -0.4 is 4.90 Å². The smallest absolute Gasteiger partial charge is 0.0606 e. The first-order valence-electron chi connectivity index (χ1n) is 6.95. The number of hydrogen-bond donors (Lipinski definition) is 0. The molecule has 3 heteroatoms. The molecule has 1 fully saturated rings. The lowest BCUT2D eigenvalue weighted by Gasteiger charge is -2.34. The van der Waals surface area contributed by atoms with E-state index in [2.05, 4.69) is 50.6 Å². The van der Waals surface area contributed by atoms with Crippen LogP contribution in [0.15, 0.2) is 47.2 Å². The molecule has 2 nitrogen and oxygen atoms in total. The lowest BCUT2D eigenvalue weighted by Crippen LogP contribution is -2.46. The summed E-state index contributed by atoms with van der Waals surface area (Å²) in [5, 5.41) is 4.37. The Hall–Kier alpha value is -1.76. The molecule has 0 spiro atoms. The molecule has 0 bridgehead atoms. The van der Waals surface area contributed by atoms with E-state index in [1.54, 1.807) is 11.3 Å². The zero-order chi connectivity index (χ0) is 13.6. The van der Waals surface area contributed by atoms with Crippen molar-refractivity contribution < 1.29 is 0 Å². The number of thiophene rings is 1. The van der Waals surface area contributed by atoms with E-state index in [0.29, 0.717) is 0 Å². The lowest BCUT2D eigenvalue weighted by atomic mass is 10.2. The van der Waals surface area contributed by atoms with E-state index in [9.17, 15) is 0 Å². The van der Waals surface area contributed by atoms with Gasteiger partial charge >= 0.3 is 0 Å². The van der Waals surface area contributed by atoms with E-state index in [4.69, 9.17) is 0 Å². The fourth-order valence-corrected chi connectivity index (χ4v) is 3.04. The summed E-state index contributed by atoms with van der Waals surface area (Å²) in [7, 11) is 0. The van der Waals surface area contributed by atoms with Crippen LogP contribution in [0, 0.1) is 11.8 Å². The SMILES string of the molecule is C(#Cc1ccccc1)CN1CCN(c2ccsc2)CC1. The first-order valence-corrected chi connectivity index (χ1v) is 7.89. The fraction of sp³-hybridized carbons (Fsp3) is 0.294. The first-order chi connectivity index (χ1) is 9.92. The standard InChI is InChI=1S/C17H18N2S/c1-2-5-16(6-3-1)7-4-9-18-10-12-19(13-11-18)17-8-14-20-15-17/h1-3,5-6,8,14-15H,9-13H2. The Kier molecular flexibility index (Phi) is 4.37. The van der Waals surface area contributed by atoms with E-state index in [1.807, 2.05) is 18.2 Å². The van der Waals surface area contributed by atoms with Crippen LogP contribution in [0.25, 0.3) is 0 Å². The Morgan fingerprint density at radius 2 is 1.80 bits per heavy atom. The number of benzene rings is 1. The molecular weight excluding hydrogens is 264 g/mol. The third-order valence-electron chi connectivity index (χ3n) is 3.55. The van der Waals surface area contributed by atoms with Gasteiger partial charge in [0, 0.05) is 42.8 Å². The van der Waals surface area contributed by atoms with Crippen molar-refractivity contribution >= 4 is 17.0 Å². The largest absolute Gasteiger partial charge is 0.368 e. The molecule has 1 aliphatic rings. The molecular formula is C17H18N2S. The van der Waals surface area contributed by atoms with E-state index in [0.717, 1.165) is 38.3 Å². The van der Waals surface area contributed by atoms with Crippen LogP contribution in [-0.2, 0) is 0 Å². The van der Waals surface area contributed by atoms with Crippen LogP contribution in [-0.4, -0.2) is 37.6 Å². The highest BCUT2D eigenvalue weighted by Gasteiger charge is 2.16. The minimum atomic E-state index is 0.867. The monoisotopic (exact) mass is 282 g/mol. The van der Waals surface area contributed by atoms with Gasteiger partial charge in [-0.15, -0.1) is 0 Å². The summed E-state index contributed by atoms with van der Waals surface area (Å²) in [5.74, 6) is 6.51. The molecule has 2 heterocycles. The number of piperazine rings is 1. The van der Waals surface area contributed by atoms with Gasteiger partial charge in [0.1, 0.15) is 0 Å². The zero-order valence-corrected chi connectivity index (χ0v) is 12.3. The lowest BCUT2D eigenvalue weighted by molar-refractivity contribution is 0.288. The van der Waals surface area contributed by atoms with Gasteiger partial charge in [-0.1, -0.05) is 30.0 Å². The maximum Gasteiger partial charge on any atom is 0.0606 e. The highest BCUT2D eigenvalue weighted by atomic mass is 32.1. The summed E-state index contributed by atoms with van der Waals surface area (Å²) in [6, 6.07) is 12.4. The van der Waals surface area contributed by atoms with E-state index in [-0.39, 0.29) is 0 Å². The van der Waals surface area contributed by atoms with Crippen LogP contribution >= 0.6 is 11.3 Å². The third-order valence-corrected chi connectivity index (χ3v) is 4.22. The average molecular weight is 282 g/mol. The molecule has 0 saturated carbocycles. The Bertz CT molecular complexity index is 572. The molecule has 2 aromatic rings. The van der Waals surface area contributed by atoms with Crippen LogP contribution in [0.1, 0.15) is 5.56 Å². The van der Waals surface area contributed by atoms with Gasteiger partial charge in [0.2, 0.25) is 0 Å². The second-order valence-corrected chi connectivity index (χ2v) is 5.69. The van der Waals surface area contributed by atoms with Gasteiger partial charge in [0.05, 0.1) is 6.54 Å². The summed E-state index contributed by atoms with van der Waals surface area (Å²) in [5.41, 5.74) is 2.47. The van der Waals surface area contributed by atoms with Crippen molar-refractivity contribution in [2.75, 3.05) is 37.6 Å². The van der Waals surface area contributed by atoms with E-state index in [1.165, 1.54) is 5.69 Å². The van der Waals surface area contributed by atoms with Gasteiger partial charge in [-0.3, -0.25) is 4.90 Å². The fourth-order valence-electron chi connectivity index (χ4n) is 2.38. The predicted octanol–water partition coefficient (Wildman–Crippen LogP) is 2.92. The molecule has 1 saturated heterocycles. The van der Waals surface area contributed by atoms with Gasteiger partial charge in [-0.2, -0.15) is 11.3 Å². The van der Waals surface area contributed by atoms with Gasteiger partial charge < -0.3 is 4.90 Å². The summed E-state index contributed by atoms with van der Waals surface area (Å²) in [6.07, 6.45) is 0. The van der Waals surface area contributed by atoms with Crippen LogP contribution in [0.4, 0.5) is 5.69 Å². The summed E-state index contributed by atoms with van der Waals surface area (Å²) in [4.78, 5) is 4.89. The second kappa shape index (κ2) is 6.60. The molecule has 0 N–H and O–H groups in total. The minimum absolute atomic E-state index is 0.867. The van der Waals surface area contributed by atoms with Crippen molar-refractivity contribution in [2.24, 2.45) is 0 Å². The Morgan fingerprint density at radius 1 is 1.00 bits per heavy atom. The highest BCUT2D eigenvalue weighted by molar-refractivity contribution is 7.08. The number of rotatable bonds is 2. The van der Waals surface area contributed by atoms with Crippen molar-refractivity contribution in [1.29, 1.82) is 0 Å². The summed E-state index contributed by atoms with van der Waals surface area (Å²) < 4.78 is 0. The normalized spacial score (nSPS) is 15.7. The zero-order valence-electron chi connectivity index (χ0n) is 11.5. The molecule has 1 aliphatic heterocycles. The van der Waals surface area contributed by atoms with Crippen molar-refractivity contribution in [1.82, 2.24) is 4.90 Å². The summed E-state index contributed by atoms with van der Waals surface area (Å²) in [6.45, 7) is 5.26. The van der Waals surface area contributed by atoms with Crippen molar-refractivity contribution in [2.45, 2.75) is 0 Å². The first kappa shape index (κ1) is 13.2. The Balaban J connectivity index is 1.49.